The largest absolute Gasteiger partial charge is 0.383 e. The van der Waals surface area contributed by atoms with Crippen molar-refractivity contribution in [3.63, 3.8) is 0 Å². The predicted octanol–water partition coefficient (Wildman–Crippen LogP) is 0.167. The normalized spacial score (nSPS) is 10.8. The molecule has 0 aliphatic rings. The lowest BCUT2D eigenvalue weighted by atomic mass is 10.2. The van der Waals surface area contributed by atoms with Crippen molar-refractivity contribution in [1.82, 2.24) is 14.6 Å². The van der Waals surface area contributed by atoms with E-state index in [0.29, 0.717) is 23.4 Å². The quantitative estimate of drug-likeness (QED) is 0.653. The molecule has 0 aliphatic heterocycles. The number of aromatic nitrogens is 3. The molecule has 3 N–H and O–H groups in total. The topological polar surface area (TPSA) is 76.2 Å². The molecule has 0 spiro atoms. The molecule has 2 heterocycles. The molecule has 0 bridgehead atoms. The molecule has 0 saturated carbocycles. The third-order valence-electron chi connectivity index (χ3n) is 2.05. The van der Waals surface area contributed by atoms with Crippen molar-refractivity contribution in [2.45, 2.75) is 13.3 Å². The van der Waals surface area contributed by atoms with E-state index in [1.165, 1.54) is 4.52 Å². The second kappa shape index (κ2) is 2.62. The van der Waals surface area contributed by atoms with E-state index in [2.05, 4.69) is 10.1 Å². The Hall–Kier alpha value is -1.78. The Balaban J connectivity index is 2.93. The summed E-state index contributed by atoms with van der Waals surface area (Å²) in [6.07, 6.45) is 2.21. The van der Waals surface area contributed by atoms with E-state index >= 15 is 0 Å². The van der Waals surface area contributed by atoms with Crippen LogP contribution in [0.15, 0.2) is 17.1 Å². The summed E-state index contributed by atoms with van der Waals surface area (Å²) in [7, 11) is 0. The van der Waals surface area contributed by atoms with E-state index in [9.17, 15) is 4.79 Å². The molecule has 5 nitrogen and oxygen atoms in total. The van der Waals surface area contributed by atoms with Gasteiger partial charge in [0.05, 0.1) is 11.8 Å². The lowest BCUT2D eigenvalue weighted by Gasteiger charge is -2.03. The number of anilines is 1. The van der Waals surface area contributed by atoms with Gasteiger partial charge in [0.1, 0.15) is 11.5 Å². The Bertz CT molecular complexity index is 496. The molecule has 5 heteroatoms. The van der Waals surface area contributed by atoms with E-state index in [1.807, 2.05) is 6.92 Å². The van der Waals surface area contributed by atoms with Gasteiger partial charge in [0, 0.05) is 6.07 Å². The summed E-state index contributed by atoms with van der Waals surface area (Å²) in [4.78, 5) is 14.1. The summed E-state index contributed by atoms with van der Waals surface area (Å²) in [5, 5.41) is 3.99. The number of aromatic amines is 1. The molecule has 0 aliphatic carbocycles. The van der Waals surface area contributed by atoms with Crippen molar-refractivity contribution >= 4 is 11.5 Å². The van der Waals surface area contributed by atoms with Gasteiger partial charge in [-0.3, -0.25) is 4.79 Å². The van der Waals surface area contributed by atoms with Crippen LogP contribution in [-0.4, -0.2) is 14.6 Å². The molecule has 68 valence electrons. The molecule has 0 aromatic carbocycles. The van der Waals surface area contributed by atoms with Crippen molar-refractivity contribution in [3.05, 3.63) is 28.2 Å². The van der Waals surface area contributed by atoms with Crippen LogP contribution in [0.25, 0.3) is 5.65 Å². The average molecular weight is 178 g/mol. The second-order valence-electron chi connectivity index (χ2n) is 2.80. The summed E-state index contributed by atoms with van der Waals surface area (Å²) >= 11 is 0. The SMILES string of the molecule is CCc1c(N)n2nccc2[nH]c1=O. The smallest absolute Gasteiger partial charge is 0.256 e. The molecule has 2 rings (SSSR count). The summed E-state index contributed by atoms with van der Waals surface area (Å²) in [6, 6.07) is 1.71. The van der Waals surface area contributed by atoms with Crippen LogP contribution in [0.1, 0.15) is 12.5 Å². The first-order chi connectivity index (χ1) is 6.24. The Morgan fingerprint density at radius 1 is 1.69 bits per heavy atom. The van der Waals surface area contributed by atoms with Gasteiger partial charge in [-0.2, -0.15) is 5.10 Å². The number of nitrogens with two attached hydrogens (primary N) is 1. The van der Waals surface area contributed by atoms with Crippen LogP contribution in [-0.2, 0) is 6.42 Å². The maximum Gasteiger partial charge on any atom is 0.256 e. The number of nitrogens with zero attached hydrogens (tertiary/aromatic N) is 2. The van der Waals surface area contributed by atoms with E-state index in [-0.39, 0.29) is 5.56 Å². The minimum atomic E-state index is -0.131. The number of fused-ring (bicyclic) bond motifs is 1. The summed E-state index contributed by atoms with van der Waals surface area (Å²) in [6.45, 7) is 1.89. The second-order valence-corrected chi connectivity index (χ2v) is 2.80. The highest BCUT2D eigenvalue weighted by Gasteiger charge is 2.07. The maximum absolute atomic E-state index is 11.4. The van der Waals surface area contributed by atoms with Crippen molar-refractivity contribution in [2.75, 3.05) is 5.73 Å². The Kier molecular flexibility index (Phi) is 1.58. The zero-order valence-electron chi connectivity index (χ0n) is 7.24. The maximum atomic E-state index is 11.4. The minimum absolute atomic E-state index is 0.131. The number of hydrogen-bond donors (Lipinski definition) is 2. The Morgan fingerprint density at radius 3 is 3.15 bits per heavy atom. The highest BCUT2D eigenvalue weighted by molar-refractivity contribution is 5.49. The van der Waals surface area contributed by atoms with Crippen LogP contribution in [0.3, 0.4) is 0 Å². The molecule has 0 radical (unpaired) electrons. The number of hydrogen-bond acceptors (Lipinski definition) is 3. The zero-order chi connectivity index (χ0) is 9.42. The number of rotatable bonds is 1. The summed E-state index contributed by atoms with van der Waals surface area (Å²) in [5.41, 5.74) is 6.83. The number of nitrogen functional groups attached to an aromatic ring is 1. The average Bonchev–Trinajstić information content (AvgIpc) is 2.53. The first-order valence-electron chi connectivity index (χ1n) is 4.08. The van der Waals surface area contributed by atoms with Gasteiger partial charge in [0.25, 0.3) is 5.56 Å². The first-order valence-corrected chi connectivity index (χ1v) is 4.08. The fourth-order valence-corrected chi connectivity index (χ4v) is 1.37. The van der Waals surface area contributed by atoms with Gasteiger partial charge in [-0.25, -0.2) is 4.52 Å². The molecule has 0 atom stereocenters. The van der Waals surface area contributed by atoms with Crippen LogP contribution >= 0.6 is 0 Å². The van der Waals surface area contributed by atoms with Crippen LogP contribution < -0.4 is 11.3 Å². The molecule has 2 aromatic heterocycles. The van der Waals surface area contributed by atoms with Crippen LogP contribution in [0.4, 0.5) is 5.82 Å². The van der Waals surface area contributed by atoms with Gasteiger partial charge in [-0.15, -0.1) is 0 Å². The van der Waals surface area contributed by atoms with Crippen molar-refractivity contribution in [2.24, 2.45) is 0 Å². The monoisotopic (exact) mass is 178 g/mol. The zero-order valence-corrected chi connectivity index (χ0v) is 7.24. The molecule has 0 fully saturated rings. The third kappa shape index (κ3) is 1.00. The highest BCUT2D eigenvalue weighted by Crippen LogP contribution is 2.07. The lowest BCUT2D eigenvalue weighted by molar-refractivity contribution is 0.911. The van der Waals surface area contributed by atoms with Crippen molar-refractivity contribution in [3.8, 4) is 0 Å². The molecule has 13 heavy (non-hydrogen) atoms. The number of H-pyrrole nitrogens is 1. The van der Waals surface area contributed by atoms with Gasteiger partial charge in [0.2, 0.25) is 0 Å². The highest BCUT2D eigenvalue weighted by atomic mass is 16.1. The van der Waals surface area contributed by atoms with E-state index in [1.54, 1.807) is 12.3 Å². The summed E-state index contributed by atoms with van der Waals surface area (Å²) < 4.78 is 1.53. The molecule has 0 unspecified atom stereocenters. The van der Waals surface area contributed by atoms with Crippen molar-refractivity contribution in [1.29, 1.82) is 0 Å². The van der Waals surface area contributed by atoms with E-state index in [4.69, 9.17) is 5.73 Å². The lowest BCUT2D eigenvalue weighted by Crippen LogP contribution is -2.18. The van der Waals surface area contributed by atoms with Gasteiger partial charge in [-0.1, -0.05) is 6.92 Å². The molecule has 2 aromatic rings. The Labute approximate surface area is 74.2 Å². The minimum Gasteiger partial charge on any atom is -0.383 e. The van der Waals surface area contributed by atoms with Gasteiger partial charge < -0.3 is 10.7 Å². The number of nitrogens with one attached hydrogen (secondary N) is 1. The predicted molar refractivity (Wildman–Crippen MR) is 49.6 cm³/mol. The molecule has 0 amide bonds. The van der Waals surface area contributed by atoms with Gasteiger partial charge in [-0.05, 0) is 6.42 Å². The van der Waals surface area contributed by atoms with E-state index in [0.717, 1.165) is 0 Å². The third-order valence-corrected chi connectivity index (χ3v) is 2.05. The first kappa shape index (κ1) is 7.85. The fraction of sp³-hybridized carbons (Fsp3) is 0.250. The fourth-order valence-electron chi connectivity index (χ4n) is 1.37. The van der Waals surface area contributed by atoms with Crippen LogP contribution in [0, 0.1) is 0 Å². The molecule has 0 saturated heterocycles. The molecular formula is C8H10N4O. The van der Waals surface area contributed by atoms with Crippen LogP contribution in [0.2, 0.25) is 0 Å². The molecular weight excluding hydrogens is 168 g/mol. The van der Waals surface area contributed by atoms with E-state index < -0.39 is 0 Å². The Morgan fingerprint density at radius 2 is 2.46 bits per heavy atom. The summed E-state index contributed by atoms with van der Waals surface area (Å²) in [5.74, 6) is 0.422. The van der Waals surface area contributed by atoms with Gasteiger partial charge in [0.15, 0.2) is 0 Å². The van der Waals surface area contributed by atoms with Gasteiger partial charge >= 0.3 is 0 Å². The van der Waals surface area contributed by atoms with Crippen LogP contribution in [0.5, 0.6) is 0 Å². The standard InChI is InChI=1S/C8H10N4O/c1-2-5-7(9)12-6(3-4-10-12)11-8(5)13/h3-4H,2,9H2,1H3,(H,11,13). The van der Waals surface area contributed by atoms with Crippen molar-refractivity contribution < 1.29 is 0 Å².